The van der Waals surface area contributed by atoms with E-state index in [1.54, 1.807) is 0 Å². The van der Waals surface area contributed by atoms with E-state index in [2.05, 4.69) is 26.7 Å². The van der Waals surface area contributed by atoms with Crippen molar-refractivity contribution in [3.8, 4) is 0 Å². The van der Waals surface area contributed by atoms with Gasteiger partial charge in [-0.05, 0) is 45.4 Å². The summed E-state index contributed by atoms with van der Waals surface area (Å²) in [5.74, 6) is 0. The highest BCUT2D eigenvalue weighted by Gasteiger charge is 1.94. The Balaban J connectivity index is 2.91. The molecule has 0 aliphatic heterocycles. The minimum Gasteiger partial charge on any atom is -0.113 e. The van der Waals surface area contributed by atoms with Gasteiger partial charge in [-0.1, -0.05) is 0 Å². The molecule has 0 nitrogen and oxygen atoms in total. The lowest BCUT2D eigenvalue weighted by atomic mass is 10.6. The normalized spacial score (nSPS) is 11.3. The molecule has 0 rings (SSSR count). The van der Waals surface area contributed by atoms with Crippen LogP contribution >= 0.6 is 15.8 Å². The highest BCUT2D eigenvalue weighted by atomic mass is 31.1. The first-order valence-electron chi connectivity index (χ1n) is 3.42. The third-order valence-electron chi connectivity index (χ3n) is 1.21. The first-order valence-corrected chi connectivity index (χ1v) is 8.26. The molecule has 0 bridgehead atoms. The summed E-state index contributed by atoms with van der Waals surface area (Å²) in [6.07, 6.45) is 4.43. The maximum absolute atomic E-state index is 2.36. The Morgan fingerprint density at radius 3 is 1.33 bits per heavy atom. The van der Waals surface area contributed by atoms with E-state index in [-0.39, 0.29) is 0 Å². The molecule has 0 heterocycles. The molecular formula is C7H18P2. The molecule has 0 saturated carbocycles. The Bertz CT molecular complexity index is 51.9. The van der Waals surface area contributed by atoms with Crippen molar-refractivity contribution in [2.45, 2.75) is 6.42 Å². The van der Waals surface area contributed by atoms with Crippen LogP contribution in [0.25, 0.3) is 0 Å². The Hall–Kier alpha value is 0.860. The lowest BCUT2D eigenvalue weighted by Crippen LogP contribution is -1.86. The van der Waals surface area contributed by atoms with E-state index in [0.717, 1.165) is 0 Å². The molecule has 0 atom stereocenters. The Labute approximate surface area is 61.9 Å². The van der Waals surface area contributed by atoms with Crippen LogP contribution in [0.4, 0.5) is 0 Å². The molecule has 0 spiro atoms. The maximum Gasteiger partial charge on any atom is -0.0327 e. The molecule has 0 aromatic carbocycles. The van der Waals surface area contributed by atoms with Crippen LogP contribution in [0.3, 0.4) is 0 Å². The monoisotopic (exact) mass is 164 g/mol. The van der Waals surface area contributed by atoms with Crippen molar-refractivity contribution < 1.29 is 0 Å². The van der Waals surface area contributed by atoms with Gasteiger partial charge in [-0.2, -0.15) is 0 Å². The van der Waals surface area contributed by atoms with Crippen LogP contribution in [-0.2, 0) is 0 Å². The second-order valence-electron chi connectivity index (χ2n) is 2.96. The van der Waals surface area contributed by atoms with Gasteiger partial charge in [-0.25, -0.2) is 0 Å². The lowest BCUT2D eigenvalue weighted by Gasteiger charge is -2.06. The molecule has 0 radical (unpaired) electrons. The topological polar surface area (TPSA) is 0 Å². The van der Waals surface area contributed by atoms with Crippen molar-refractivity contribution in [3.05, 3.63) is 0 Å². The Kier molecular flexibility index (Phi) is 6.17. The summed E-state index contributed by atoms with van der Waals surface area (Å²) in [6.45, 7) is 9.46. The third-order valence-corrected chi connectivity index (χ3v) is 3.63. The van der Waals surface area contributed by atoms with Gasteiger partial charge in [-0.3, -0.25) is 0 Å². The molecule has 0 amide bonds. The van der Waals surface area contributed by atoms with E-state index < -0.39 is 0 Å². The molecule has 0 saturated heterocycles. The average Bonchev–Trinajstić information content (AvgIpc) is 1.63. The van der Waals surface area contributed by atoms with Gasteiger partial charge in [-0.15, -0.1) is 15.8 Å². The third kappa shape index (κ3) is 8.86. The van der Waals surface area contributed by atoms with E-state index in [1.165, 1.54) is 18.7 Å². The SMILES string of the molecule is CP(C)CCCP(C)C. The largest absolute Gasteiger partial charge is 0.113 e. The van der Waals surface area contributed by atoms with Crippen LogP contribution < -0.4 is 0 Å². The quantitative estimate of drug-likeness (QED) is 0.560. The fourth-order valence-corrected chi connectivity index (χ4v) is 2.53. The van der Waals surface area contributed by atoms with Crippen molar-refractivity contribution in [1.82, 2.24) is 0 Å². The zero-order valence-corrected chi connectivity index (χ0v) is 8.80. The van der Waals surface area contributed by atoms with E-state index in [0.29, 0.717) is 15.8 Å². The van der Waals surface area contributed by atoms with Crippen molar-refractivity contribution in [2.75, 3.05) is 39.0 Å². The predicted octanol–water partition coefficient (Wildman–Crippen LogP) is 2.86. The molecule has 0 aromatic rings. The van der Waals surface area contributed by atoms with Gasteiger partial charge in [0.1, 0.15) is 0 Å². The van der Waals surface area contributed by atoms with E-state index in [1.807, 2.05) is 0 Å². The number of rotatable bonds is 4. The maximum atomic E-state index is 2.36. The molecule has 0 aliphatic rings. The average molecular weight is 164 g/mol. The Morgan fingerprint density at radius 1 is 0.778 bits per heavy atom. The second-order valence-corrected chi connectivity index (χ2v) is 8.17. The van der Waals surface area contributed by atoms with Gasteiger partial charge < -0.3 is 0 Å². The van der Waals surface area contributed by atoms with Crippen LogP contribution in [0.2, 0.25) is 0 Å². The van der Waals surface area contributed by atoms with Gasteiger partial charge in [0.05, 0.1) is 0 Å². The van der Waals surface area contributed by atoms with E-state index in [9.17, 15) is 0 Å². The summed E-state index contributed by atoms with van der Waals surface area (Å²) < 4.78 is 0. The summed E-state index contributed by atoms with van der Waals surface area (Å²) in [5, 5.41) is 0. The smallest absolute Gasteiger partial charge is 0.0327 e. The van der Waals surface area contributed by atoms with Crippen LogP contribution in [0.5, 0.6) is 0 Å². The van der Waals surface area contributed by atoms with Crippen molar-refractivity contribution in [2.24, 2.45) is 0 Å². The molecule has 9 heavy (non-hydrogen) atoms. The first kappa shape index (κ1) is 9.86. The van der Waals surface area contributed by atoms with Gasteiger partial charge in [0.15, 0.2) is 0 Å². The molecule has 0 unspecified atom stereocenters. The molecule has 2 heteroatoms. The van der Waals surface area contributed by atoms with Gasteiger partial charge in [0.25, 0.3) is 0 Å². The fourth-order valence-electron chi connectivity index (χ4n) is 0.703. The molecule has 0 N–H and O–H groups in total. The predicted molar refractivity (Wildman–Crippen MR) is 51.9 cm³/mol. The van der Waals surface area contributed by atoms with Crippen molar-refractivity contribution >= 4 is 15.8 Å². The summed E-state index contributed by atoms with van der Waals surface area (Å²) in [5.41, 5.74) is 0. The summed E-state index contributed by atoms with van der Waals surface area (Å²) >= 11 is 0. The highest BCUT2D eigenvalue weighted by Crippen LogP contribution is 2.30. The standard InChI is InChI=1S/C7H18P2/c1-8(2)6-5-7-9(3)4/h5-7H2,1-4H3. The summed E-state index contributed by atoms with van der Waals surface area (Å²) in [7, 11) is 0.758. The van der Waals surface area contributed by atoms with Gasteiger partial charge >= 0.3 is 0 Å². The second kappa shape index (κ2) is 5.63. The van der Waals surface area contributed by atoms with Gasteiger partial charge in [0.2, 0.25) is 0 Å². The number of hydrogen-bond donors (Lipinski definition) is 0. The molecule has 0 fully saturated rings. The molecule has 0 aliphatic carbocycles. The summed E-state index contributed by atoms with van der Waals surface area (Å²) in [4.78, 5) is 0. The van der Waals surface area contributed by atoms with Crippen LogP contribution in [0.1, 0.15) is 6.42 Å². The minimum absolute atomic E-state index is 0.379. The van der Waals surface area contributed by atoms with Crippen molar-refractivity contribution in [3.63, 3.8) is 0 Å². The minimum atomic E-state index is 0.379. The van der Waals surface area contributed by atoms with Gasteiger partial charge in [0, 0.05) is 0 Å². The molecule has 56 valence electrons. The Morgan fingerprint density at radius 2 is 1.11 bits per heavy atom. The fraction of sp³-hybridized carbons (Fsp3) is 1.00. The highest BCUT2D eigenvalue weighted by molar-refractivity contribution is 7.57. The van der Waals surface area contributed by atoms with Crippen molar-refractivity contribution in [1.29, 1.82) is 0 Å². The molecular weight excluding hydrogens is 146 g/mol. The molecule has 0 aromatic heterocycles. The zero-order valence-electron chi connectivity index (χ0n) is 7.02. The zero-order chi connectivity index (χ0) is 7.28. The summed E-state index contributed by atoms with van der Waals surface area (Å²) in [6, 6.07) is 0. The van der Waals surface area contributed by atoms with E-state index in [4.69, 9.17) is 0 Å². The van der Waals surface area contributed by atoms with E-state index >= 15 is 0 Å². The first-order chi connectivity index (χ1) is 4.13. The van der Waals surface area contributed by atoms with Crippen LogP contribution in [0.15, 0.2) is 0 Å². The lowest BCUT2D eigenvalue weighted by molar-refractivity contribution is 1.11. The van der Waals surface area contributed by atoms with Crippen LogP contribution in [0, 0.1) is 0 Å². The van der Waals surface area contributed by atoms with Crippen LogP contribution in [-0.4, -0.2) is 39.0 Å². The number of hydrogen-bond acceptors (Lipinski definition) is 0.